The molecule has 31 heavy (non-hydrogen) atoms. The molecule has 0 bridgehead atoms. The lowest BCUT2D eigenvalue weighted by atomic mass is 10.1. The molecule has 0 aliphatic carbocycles. The van der Waals surface area contributed by atoms with E-state index in [-0.39, 0.29) is 29.4 Å². The van der Waals surface area contributed by atoms with Crippen molar-refractivity contribution in [2.75, 3.05) is 31.5 Å². The van der Waals surface area contributed by atoms with Gasteiger partial charge in [-0.05, 0) is 36.8 Å². The van der Waals surface area contributed by atoms with E-state index in [1.54, 1.807) is 26.8 Å². The van der Waals surface area contributed by atoms with Crippen LogP contribution in [0.25, 0.3) is 0 Å². The molecule has 0 aliphatic heterocycles. The molecular weight excluding hydrogens is 433 g/mol. The Balaban J connectivity index is 2.07. The number of hydrogen-bond donors (Lipinski definition) is 2. The summed E-state index contributed by atoms with van der Waals surface area (Å²) in [4.78, 5) is 16.2. The second-order valence-corrected chi connectivity index (χ2v) is 8.58. The minimum Gasteiger partial charge on any atom is -0.368 e. The zero-order valence-corrected chi connectivity index (χ0v) is 18.3. The monoisotopic (exact) mass is 458 g/mol. The number of pyridine rings is 1. The molecule has 0 saturated heterocycles. The highest BCUT2D eigenvalue weighted by atomic mass is 32.2. The number of nitrogens with zero attached hydrogens (tertiary/aromatic N) is 2. The van der Waals surface area contributed by atoms with Crippen molar-refractivity contribution >= 4 is 21.7 Å². The Morgan fingerprint density at radius 3 is 2.42 bits per heavy atom. The summed E-state index contributed by atoms with van der Waals surface area (Å²) in [6.07, 6.45) is -3.31. The highest BCUT2D eigenvalue weighted by Crippen LogP contribution is 2.33. The first-order chi connectivity index (χ1) is 14.5. The van der Waals surface area contributed by atoms with Gasteiger partial charge in [-0.1, -0.05) is 19.9 Å². The molecule has 11 heteroatoms. The van der Waals surface area contributed by atoms with Crippen LogP contribution in [0, 0.1) is 6.92 Å². The highest BCUT2D eigenvalue weighted by Gasteiger charge is 2.34. The molecule has 0 atom stereocenters. The normalized spacial score (nSPS) is 12.1. The smallest absolute Gasteiger partial charge is 0.368 e. The number of hydrogen-bond acceptors (Lipinski definition) is 5. The Morgan fingerprint density at radius 1 is 1.13 bits per heavy atom. The van der Waals surface area contributed by atoms with Crippen LogP contribution in [0.4, 0.5) is 19.0 Å². The van der Waals surface area contributed by atoms with Crippen LogP contribution in [0.3, 0.4) is 0 Å². The predicted octanol–water partition coefficient (Wildman–Crippen LogP) is 3.28. The molecule has 1 aromatic carbocycles. The predicted molar refractivity (Wildman–Crippen MR) is 111 cm³/mol. The maximum atomic E-state index is 13.0. The van der Waals surface area contributed by atoms with Crippen molar-refractivity contribution in [1.29, 1.82) is 0 Å². The minimum absolute atomic E-state index is 0.00230. The maximum absolute atomic E-state index is 13.0. The SMILES string of the molecule is CCN(CC)S(=O)(=O)c1ccc(C)c(C(=O)NCCNc2ncccc2C(F)(F)F)c1. The number of carbonyl (C=O) groups is 1. The topological polar surface area (TPSA) is 91.4 Å². The second kappa shape index (κ2) is 10.1. The van der Waals surface area contributed by atoms with Crippen LogP contribution < -0.4 is 10.6 Å². The fourth-order valence-electron chi connectivity index (χ4n) is 2.95. The van der Waals surface area contributed by atoms with Crippen molar-refractivity contribution < 1.29 is 26.4 Å². The van der Waals surface area contributed by atoms with Gasteiger partial charge in [0.1, 0.15) is 5.82 Å². The molecule has 170 valence electrons. The first-order valence-corrected chi connectivity index (χ1v) is 11.1. The van der Waals surface area contributed by atoms with Gasteiger partial charge in [-0.2, -0.15) is 17.5 Å². The van der Waals surface area contributed by atoms with Crippen LogP contribution in [-0.4, -0.2) is 49.8 Å². The van der Waals surface area contributed by atoms with Gasteiger partial charge in [0.15, 0.2) is 0 Å². The van der Waals surface area contributed by atoms with Crippen LogP contribution in [0.5, 0.6) is 0 Å². The molecule has 2 N–H and O–H groups in total. The van der Waals surface area contributed by atoms with Gasteiger partial charge in [-0.15, -0.1) is 0 Å². The Morgan fingerprint density at radius 2 is 1.81 bits per heavy atom. The second-order valence-electron chi connectivity index (χ2n) is 6.65. The van der Waals surface area contributed by atoms with E-state index >= 15 is 0 Å². The van der Waals surface area contributed by atoms with Crippen molar-refractivity contribution in [2.24, 2.45) is 0 Å². The van der Waals surface area contributed by atoms with E-state index in [9.17, 15) is 26.4 Å². The molecule has 0 unspecified atom stereocenters. The summed E-state index contributed by atoms with van der Waals surface area (Å²) in [5, 5.41) is 5.14. The summed E-state index contributed by atoms with van der Waals surface area (Å²) in [6, 6.07) is 6.41. The minimum atomic E-state index is -4.55. The van der Waals surface area contributed by atoms with Gasteiger partial charge >= 0.3 is 6.18 Å². The maximum Gasteiger partial charge on any atom is 0.419 e. The molecule has 1 amide bonds. The third kappa shape index (κ3) is 5.95. The van der Waals surface area contributed by atoms with Crippen LogP contribution >= 0.6 is 0 Å². The van der Waals surface area contributed by atoms with Crippen molar-refractivity contribution in [2.45, 2.75) is 31.8 Å². The van der Waals surface area contributed by atoms with Gasteiger partial charge in [0.05, 0.1) is 10.5 Å². The van der Waals surface area contributed by atoms with Crippen molar-refractivity contribution in [3.63, 3.8) is 0 Å². The standard InChI is InChI=1S/C20H25F3N4O3S/c1-4-27(5-2)31(29,30)15-9-8-14(3)16(13-15)19(28)26-12-11-25-18-17(20(21,22)23)7-6-10-24-18/h6-10,13H,4-5,11-12H2,1-3H3,(H,24,25)(H,26,28). The largest absolute Gasteiger partial charge is 0.419 e. The van der Waals surface area contributed by atoms with Crippen molar-refractivity contribution in [1.82, 2.24) is 14.6 Å². The summed E-state index contributed by atoms with van der Waals surface area (Å²) in [5.74, 6) is -0.847. The van der Waals surface area contributed by atoms with Gasteiger partial charge in [0, 0.05) is 37.9 Å². The summed E-state index contributed by atoms with van der Waals surface area (Å²) < 4.78 is 65.7. The van der Waals surface area contributed by atoms with Crippen LogP contribution in [-0.2, 0) is 16.2 Å². The summed E-state index contributed by atoms with van der Waals surface area (Å²) >= 11 is 0. The van der Waals surface area contributed by atoms with E-state index < -0.39 is 27.7 Å². The lowest BCUT2D eigenvalue weighted by Crippen LogP contribution is -2.32. The summed E-state index contributed by atoms with van der Waals surface area (Å²) in [6.45, 7) is 5.73. The summed E-state index contributed by atoms with van der Waals surface area (Å²) in [5.41, 5.74) is -0.137. The van der Waals surface area contributed by atoms with Crippen molar-refractivity contribution in [3.8, 4) is 0 Å². The first kappa shape index (κ1) is 24.6. The van der Waals surface area contributed by atoms with Gasteiger partial charge in [0.2, 0.25) is 10.0 Å². The van der Waals surface area contributed by atoms with Gasteiger partial charge in [-0.3, -0.25) is 4.79 Å². The number of nitrogens with one attached hydrogen (secondary N) is 2. The number of amides is 1. The van der Waals surface area contributed by atoms with Gasteiger partial charge < -0.3 is 10.6 Å². The third-order valence-electron chi connectivity index (χ3n) is 4.61. The van der Waals surface area contributed by atoms with E-state index in [4.69, 9.17) is 0 Å². The molecule has 0 radical (unpaired) electrons. The molecule has 0 saturated carbocycles. The molecule has 1 heterocycles. The summed E-state index contributed by atoms with van der Waals surface area (Å²) in [7, 11) is -3.73. The Labute approximate surface area is 179 Å². The average Bonchev–Trinajstić information content (AvgIpc) is 2.71. The van der Waals surface area contributed by atoms with Gasteiger partial charge in [0.25, 0.3) is 5.91 Å². The third-order valence-corrected chi connectivity index (χ3v) is 6.66. The number of rotatable bonds is 9. The van der Waals surface area contributed by atoms with E-state index in [0.717, 1.165) is 6.07 Å². The average molecular weight is 459 g/mol. The van der Waals surface area contributed by atoms with Crippen LogP contribution in [0.1, 0.15) is 35.3 Å². The molecule has 0 fully saturated rings. The Kier molecular flexibility index (Phi) is 8.02. The Hall–Kier alpha value is -2.66. The van der Waals surface area contributed by atoms with Crippen LogP contribution in [0.2, 0.25) is 0 Å². The number of halogens is 3. The lowest BCUT2D eigenvalue weighted by molar-refractivity contribution is -0.137. The number of sulfonamides is 1. The van der Waals surface area contributed by atoms with Gasteiger partial charge in [-0.25, -0.2) is 13.4 Å². The number of carbonyl (C=O) groups excluding carboxylic acids is 1. The van der Waals surface area contributed by atoms with E-state index in [2.05, 4.69) is 15.6 Å². The highest BCUT2D eigenvalue weighted by molar-refractivity contribution is 7.89. The fourth-order valence-corrected chi connectivity index (χ4v) is 4.43. The van der Waals surface area contributed by atoms with E-state index in [0.29, 0.717) is 18.7 Å². The zero-order valence-electron chi connectivity index (χ0n) is 17.5. The van der Waals surface area contributed by atoms with Crippen molar-refractivity contribution in [3.05, 3.63) is 53.2 Å². The number of benzene rings is 1. The quantitative estimate of drug-likeness (QED) is 0.563. The van der Waals surface area contributed by atoms with E-state index in [1.807, 2.05) is 0 Å². The molecule has 1 aromatic heterocycles. The van der Waals surface area contributed by atoms with E-state index in [1.165, 1.54) is 28.7 Å². The molecule has 0 spiro atoms. The van der Waals surface area contributed by atoms with Crippen LogP contribution in [0.15, 0.2) is 41.4 Å². The Bertz CT molecular complexity index is 1020. The number of aryl methyl sites for hydroxylation is 1. The molecule has 0 aliphatic rings. The molecule has 7 nitrogen and oxygen atoms in total. The fraction of sp³-hybridized carbons (Fsp3) is 0.400. The number of alkyl halides is 3. The molecule has 2 rings (SSSR count). The zero-order chi connectivity index (χ0) is 23.2. The lowest BCUT2D eigenvalue weighted by Gasteiger charge is -2.19. The molecular formula is C20H25F3N4O3S. The molecule has 2 aromatic rings. The number of anilines is 1. The first-order valence-electron chi connectivity index (χ1n) is 9.67. The number of aromatic nitrogens is 1.